The van der Waals surface area contributed by atoms with E-state index in [1.54, 1.807) is 12.4 Å². The molecule has 0 aliphatic heterocycles. The minimum absolute atomic E-state index is 0.200. The highest BCUT2D eigenvalue weighted by Gasteiger charge is 2.07. The summed E-state index contributed by atoms with van der Waals surface area (Å²) >= 11 is 0. The molecule has 0 aliphatic rings. The average molecular weight is 257 g/mol. The lowest BCUT2D eigenvalue weighted by Crippen LogP contribution is -2.37. The Balaban J connectivity index is 1.77. The first-order valence-electron chi connectivity index (χ1n) is 6.41. The van der Waals surface area contributed by atoms with Gasteiger partial charge in [0.2, 0.25) is 0 Å². The van der Waals surface area contributed by atoms with Crippen LogP contribution >= 0.6 is 0 Å². The molecule has 0 saturated carbocycles. The summed E-state index contributed by atoms with van der Waals surface area (Å²) in [6.07, 6.45) is 5.32. The lowest BCUT2D eigenvalue weighted by molar-refractivity contribution is 0.285. The van der Waals surface area contributed by atoms with Gasteiger partial charge in [-0.3, -0.25) is 16.3 Å². The van der Waals surface area contributed by atoms with Gasteiger partial charge in [-0.25, -0.2) is 0 Å². The molecular weight excluding hydrogens is 238 g/mol. The normalized spacial score (nSPS) is 12.1. The molecule has 0 radical (unpaired) electrons. The molecule has 1 aromatic carbocycles. The Kier molecular flexibility index (Phi) is 5.34. The summed E-state index contributed by atoms with van der Waals surface area (Å²) in [5.41, 5.74) is 4.06. The number of rotatable bonds is 7. The van der Waals surface area contributed by atoms with E-state index in [-0.39, 0.29) is 6.04 Å². The Bertz CT molecular complexity index is 461. The predicted molar refractivity (Wildman–Crippen MR) is 75.6 cm³/mol. The maximum atomic E-state index is 5.67. The van der Waals surface area contributed by atoms with Gasteiger partial charge in [0, 0.05) is 18.4 Å². The maximum absolute atomic E-state index is 5.67. The number of nitrogens with zero attached hydrogens (tertiary/aromatic N) is 1. The van der Waals surface area contributed by atoms with Crippen LogP contribution in [0.1, 0.15) is 12.0 Å². The van der Waals surface area contributed by atoms with Crippen molar-refractivity contribution in [3.05, 3.63) is 60.4 Å². The third kappa shape index (κ3) is 4.69. The van der Waals surface area contributed by atoms with E-state index in [0.29, 0.717) is 6.61 Å². The van der Waals surface area contributed by atoms with Crippen molar-refractivity contribution < 1.29 is 4.74 Å². The molecule has 1 aromatic heterocycles. The Morgan fingerprint density at radius 2 is 1.84 bits per heavy atom. The van der Waals surface area contributed by atoms with Gasteiger partial charge in [0.1, 0.15) is 5.75 Å². The fourth-order valence-electron chi connectivity index (χ4n) is 1.88. The second-order valence-electron chi connectivity index (χ2n) is 4.37. The van der Waals surface area contributed by atoms with Gasteiger partial charge in [0.25, 0.3) is 0 Å². The zero-order chi connectivity index (χ0) is 13.3. The van der Waals surface area contributed by atoms with Crippen LogP contribution in [0, 0.1) is 0 Å². The summed E-state index contributed by atoms with van der Waals surface area (Å²) in [5, 5.41) is 0. The van der Waals surface area contributed by atoms with E-state index >= 15 is 0 Å². The van der Waals surface area contributed by atoms with Crippen LogP contribution < -0.4 is 16.0 Å². The standard InChI is InChI=1S/C15H19N3O/c16-18-14(12-13-6-9-17-10-7-13)8-11-19-15-4-2-1-3-5-15/h1-7,9-10,14,18H,8,11-12,16H2. The van der Waals surface area contributed by atoms with Crippen molar-refractivity contribution in [2.24, 2.45) is 5.84 Å². The fraction of sp³-hybridized carbons (Fsp3) is 0.267. The number of para-hydroxylation sites is 1. The number of ether oxygens (including phenoxy) is 1. The lowest BCUT2D eigenvalue weighted by Gasteiger charge is -2.16. The van der Waals surface area contributed by atoms with Crippen molar-refractivity contribution in [1.29, 1.82) is 0 Å². The summed E-state index contributed by atoms with van der Waals surface area (Å²) in [4.78, 5) is 4.00. The number of hydrogen-bond donors (Lipinski definition) is 2. The highest BCUT2D eigenvalue weighted by Crippen LogP contribution is 2.10. The van der Waals surface area contributed by atoms with Gasteiger partial charge >= 0.3 is 0 Å². The van der Waals surface area contributed by atoms with Gasteiger partial charge in [0.05, 0.1) is 6.61 Å². The maximum Gasteiger partial charge on any atom is 0.119 e. The monoisotopic (exact) mass is 257 g/mol. The summed E-state index contributed by atoms with van der Waals surface area (Å²) in [6, 6.07) is 14.0. The van der Waals surface area contributed by atoms with Crippen molar-refractivity contribution in [2.45, 2.75) is 18.9 Å². The minimum atomic E-state index is 0.200. The molecule has 0 fully saturated rings. The van der Waals surface area contributed by atoms with E-state index in [2.05, 4.69) is 10.4 Å². The molecule has 19 heavy (non-hydrogen) atoms. The highest BCUT2D eigenvalue weighted by molar-refractivity contribution is 5.20. The molecule has 100 valence electrons. The fourth-order valence-corrected chi connectivity index (χ4v) is 1.88. The minimum Gasteiger partial charge on any atom is -0.494 e. The van der Waals surface area contributed by atoms with Gasteiger partial charge in [-0.15, -0.1) is 0 Å². The van der Waals surface area contributed by atoms with Crippen LogP contribution in [0.2, 0.25) is 0 Å². The molecule has 0 spiro atoms. The first-order chi connectivity index (χ1) is 9.38. The molecule has 2 aromatic rings. The Morgan fingerprint density at radius 1 is 1.11 bits per heavy atom. The third-order valence-corrected chi connectivity index (χ3v) is 2.95. The Hall–Kier alpha value is -1.91. The quantitative estimate of drug-likeness (QED) is 0.587. The third-order valence-electron chi connectivity index (χ3n) is 2.95. The number of hydrogen-bond acceptors (Lipinski definition) is 4. The summed E-state index contributed by atoms with van der Waals surface area (Å²) in [7, 11) is 0. The van der Waals surface area contributed by atoms with Crippen LogP contribution in [0.4, 0.5) is 0 Å². The number of nitrogens with one attached hydrogen (secondary N) is 1. The molecule has 0 bridgehead atoms. The van der Waals surface area contributed by atoms with Crippen molar-refractivity contribution in [1.82, 2.24) is 10.4 Å². The molecule has 0 amide bonds. The molecule has 3 N–H and O–H groups in total. The van der Waals surface area contributed by atoms with Gasteiger partial charge in [0.15, 0.2) is 0 Å². The van der Waals surface area contributed by atoms with Crippen LogP contribution in [0.25, 0.3) is 0 Å². The number of benzene rings is 1. The molecule has 1 heterocycles. The van der Waals surface area contributed by atoms with Gasteiger partial charge < -0.3 is 4.74 Å². The van der Waals surface area contributed by atoms with E-state index in [1.165, 1.54) is 5.56 Å². The molecule has 1 atom stereocenters. The number of aromatic nitrogens is 1. The van der Waals surface area contributed by atoms with Crippen LogP contribution in [0.3, 0.4) is 0 Å². The first-order valence-corrected chi connectivity index (χ1v) is 6.41. The molecule has 0 aliphatic carbocycles. The molecule has 0 saturated heterocycles. The van der Waals surface area contributed by atoms with E-state index in [1.807, 2.05) is 42.5 Å². The number of pyridine rings is 1. The Labute approximate surface area is 113 Å². The zero-order valence-electron chi connectivity index (χ0n) is 10.8. The van der Waals surface area contributed by atoms with Crippen molar-refractivity contribution in [3.63, 3.8) is 0 Å². The predicted octanol–water partition coefficient (Wildman–Crippen LogP) is 1.93. The topological polar surface area (TPSA) is 60.2 Å². The molecule has 2 rings (SSSR count). The number of nitrogens with two attached hydrogens (primary N) is 1. The lowest BCUT2D eigenvalue weighted by atomic mass is 10.1. The van der Waals surface area contributed by atoms with E-state index < -0.39 is 0 Å². The van der Waals surface area contributed by atoms with Crippen molar-refractivity contribution in [2.75, 3.05) is 6.61 Å². The highest BCUT2D eigenvalue weighted by atomic mass is 16.5. The van der Waals surface area contributed by atoms with Crippen LogP contribution in [-0.4, -0.2) is 17.6 Å². The smallest absolute Gasteiger partial charge is 0.119 e. The van der Waals surface area contributed by atoms with Crippen molar-refractivity contribution in [3.8, 4) is 5.75 Å². The molecule has 1 unspecified atom stereocenters. The average Bonchev–Trinajstić information content (AvgIpc) is 2.48. The van der Waals surface area contributed by atoms with E-state index in [9.17, 15) is 0 Å². The SMILES string of the molecule is NNC(CCOc1ccccc1)Cc1ccncc1. The zero-order valence-corrected chi connectivity index (χ0v) is 10.8. The second-order valence-corrected chi connectivity index (χ2v) is 4.37. The largest absolute Gasteiger partial charge is 0.494 e. The van der Waals surface area contributed by atoms with E-state index in [4.69, 9.17) is 10.6 Å². The van der Waals surface area contributed by atoms with Crippen LogP contribution in [0.15, 0.2) is 54.9 Å². The number of hydrazine groups is 1. The van der Waals surface area contributed by atoms with Crippen LogP contribution in [-0.2, 0) is 6.42 Å². The van der Waals surface area contributed by atoms with Crippen molar-refractivity contribution >= 4 is 0 Å². The summed E-state index contributed by atoms with van der Waals surface area (Å²) in [5.74, 6) is 6.47. The van der Waals surface area contributed by atoms with Gasteiger partial charge in [-0.2, -0.15) is 0 Å². The summed E-state index contributed by atoms with van der Waals surface area (Å²) in [6.45, 7) is 0.643. The van der Waals surface area contributed by atoms with Gasteiger partial charge in [-0.05, 0) is 42.7 Å². The first kappa shape index (κ1) is 13.5. The van der Waals surface area contributed by atoms with E-state index in [0.717, 1.165) is 18.6 Å². The Morgan fingerprint density at radius 3 is 2.53 bits per heavy atom. The summed E-state index contributed by atoms with van der Waals surface area (Å²) < 4.78 is 5.67. The molecule has 4 nitrogen and oxygen atoms in total. The van der Waals surface area contributed by atoms with Crippen LogP contribution in [0.5, 0.6) is 5.75 Å². The second kappa shape index (κ2) is 7.51. The molecular formula is C15H19N3O. The molecule has 4 heteroatoms. The van der Waals surface area contributed by atoms with Gasteiger partial charge in [-0.1, -0.05) is 18.2 Å².